The van der Waals surface area contributed by atoms with Crippen LogP contribution in [0, 0.1) is 22.7 Å². The van der Waals surface area contributed by atoms with Crippen molar-refractivity contribution in [3.63, 3.8) is 0 Å². The van der Waals surface area contributed by atoms with Gasteiger partial charge in [-0.05, 0) is 60.9 Å². The van der Waals surface area contributed by atoms with Crippen molar-refractivity contribution in [3.8, 4) is 22.9 Å². The molecule has 2 aromatic heterocycles. The van der Waals surface area contributed by atoms with E-state index in [0.29, 0.717) is 50.7 Å². The third kappa shape index (κ3) is 12.5. The van der Waals surface area contributed by atoms with E-state index in [4.69, 9.17) is 26.1 Å². The second-order valence-corrected chi connectivity index (χ2v) is 21.6. The van der Waals surface area contributed by atoms with Gasteiger partial charge >= 0.3 is 30.1 Å². The number of sulfonamides is 1. The Morgan fingerprint density at radius 1 is 0.958 bits per heavy atom. The minimum Gasteiger partial charge on any atom is -0.494 e. The van der Waals surface area contributed by atoms with E-state index in [1.54, 1.807) is 29.7 Å². The van der Waals surface area contributed by atoms with Crippen LogP contribution in [-0.2, 0) is 46.6 Å². The van der Waals surface area contributed by atoms with Crippen LogP contribution in [0.1, 0.15) is 63.4 Å². The minimum absolute atomic E-state index is 0.00754. The molecule has 2 saturated carbocycles. The fourth-order valence-electron chi connectivity index (χ4n) is 8.08. The summed E-state index contributed by atoms with van der Waals surface area (Å²) < 4.78 is 146. The van der Waals surface area contributed by atoms with Gasteiger partial charge in [0.25, 0.3) is 0 Å². The molecule has 25 heteroatoms. The summed E-state index contributed by atoms with van der Waals surface area (Å²) in [6, 6.07) is 8.83. The lowest BCUT2D eigenvalue weighted by atomic mass is 9.77. The number of nitrogens with zero attached hydrogens (tertiary/aromatic N) is 3. The van der Waals surface area contributed by atoms with Crippen molar-refractivity contribution in [3.05, 3.63) is 82.3 Å². The summed E-state index contributed by atoms with van der Waals surface area (Å²) in [5.41, 5.74) is -1.81. The number of amides is 2. The molecule has 2 aromatic carbocycles. The lowest BCUT2D eigenvalue weighted by molar-refractivity contribution is -0.193. The van der Waals surface area contributed by atoms with E-state index in [1.165, 1.54) is 41.7 Å². The van der Waals surface area contributed by atoms with Gasteiger partial charge in [0.2, 0.25) is 27.7 Å². The number of Topliss-reactive ketones (excluding diaryl/α,β-unsaturated/α-hetero) is 3. The maximum absolute atomic E-state index is 14.9. The Bertz CT molecular complexity index is 2820. The molecule has 5 atom stereocenters. The summed E-state index contributed by atoms with van der Waals surface area (Å²) in [6.45, 7) is 9.51. The minimum atomic E-state index is -5.77. The van der Waals surface area contributed by atoms with Crippen LogP contribution < -0.4 is 14.2 Å². The second kappa shape index (κ2) is 20.1. The van der Waals surface area contributed by atoms with Crippen LogP contribution in [0.3, 0.4) is 0 Å². The lowest BCUT2D eigenvalue weighted by Gasteiger charge is -2.35. The van der Waals surface area contributed by atoms with Crippen molar-refractivity contribution in [1.82, 2.24) is 19.6 Å². The van der Waals surface area contributed by atoms with Gasteiger partial charge < -0.3 is 14.4 Å². The second-order valence-electron chi connectivity index (χ2n) is 18.3. The Kier molecular flexibility index (Phi) is 15.5. The van der Waals surface area contributed by atoms with Gasteiger partial charge in [-0.3, -0.25) is 28.7 Å². The maximum Gasteiger partial charge on any atom is 0.458 e. The number of likely N-dealkylation sites (tertiary alicyclic amines) is 1. The van der Waals surface area contributed by atoms with E-state index in [1.807, 2.05) is 20.8 Å². The Hall–Kier alpha value is -5.62. The van der Waals surface area contributed by atoms with Crippen molar-refractivity contribution in [2.75, 3.05) is 13.7 Å². The topological polar surface area (TPSA) is 179 Å². The van der Waals surface area contributed by atoms with Crippen molar-refractivity contribution in [1.29, 1.82) is 0 Å². The van der Waals surface area contributed by atoms with E-state index >= 15 is 0 Å². The first-order chi connectivity index (χ1) is 32.8. The molecule has 2 aliphatic carbocycles. The quantitative estimate of drug-likeness (QED) is 0.0682. The molecule has 1 saturated heterocycles. The Morgan fingerprint density at radius 2 is 1.58 bits per heavy atom. The summed E-state index contributed by atoms with van der Waals surface area (Å²) in [5, 5.41) is 3.34. The standard InChI is InChI=1S/C42H44ClF3N4O7S2.C4F6O2/c1-6-24-18-41(24,39(53)49-59(54,55)28-12-13-28)19-34(51)33-16-27(57-37-30-15-26(43)11-14-29(30)35(56-5)20-47-37)21-50(33)38(52)31(40(2,3)4)17-36-48-32(22-58-36)23-7-9-25(10-8-23)42(44,45)46;5-3(6,7)1(11)2(12)4(8,9)10/h6-11,14-15,20,22,24,27-28,31,33H,1,12-13,16-19,21H2,2-5H3,(H,49,53);/t24-,27-,31-,33+,41-;/m1./s1. The lowest BCUT2D eigenvalue weighted by Crippen LogP contribution is -2.48. The summed E-state index contributed by atoms with van der Waals surface area (Å²) in [6.07, 6.45) is -12.6. The third-order valence-electron chi connectivity index (χ3n) is 12.3. The summed E-state index contributed by atoms with van der Waals surface area (Å²) in [5.74, 6) is -8.79. The number of carbonyl (C=O) groups excluding carboxylic acids is 5. The predicted octanol–water partition coefficient (Wildman–Crippen LogP) is 9.30. The fraction of sp³-hybridized carbons (Fsp3) is 0.457. The van der Waals surface area contributed by atoms with Gasteiger partial charge in [-0.15, -0.1) is 17.9 Å². The van der Waals surface area contributed by atoms with Crippen LogP contribution >= 0.6 is 22.9 Å². The molecule has 71 heavy (non-hydrogen) atoms. The SMILES string of the molecule is C=C[C@@H]1C[C@]1(CC(=O)[C@@H]1C[C@@H](Oc2ncc(OC)c3ccc(Cl)cc23)CN1C(=O)[C@@H](Cc1nc(-c2ccc(C(F)(F)F)cc2)cs1)C(C)(C)C)C(=O)NS(=O)(=O)C1CC1.O=C(C(=O)C(F)(F)F)C(F)(F)F. The van der Waals surface area contributed by atoms with E-state index in [0.717, 1.165) is 12.1 Å². The van der Waals surface area contributed by atoms with Crippen LogP contribution in [0.4, 0.5) is 39.5 Å². The van der Waals surface area contributed by atoms with Crippen LogP contribution in [0.15, 0.2) is 66.7 Å². The van der Waals surface area contributed by atoms with E-state index < -0.39 is 97.4 Å². The molecule has 384 valence electrons. The number of hydrogen-bond donors (Lipinski definition) is 1. The molecule has 0 unspecified atom stereocenters. The molecule has 1 aliphatic heterocycles. The van der Waals surface area contributed by atoms with Gasteiger partial charge in [-0.1, -0.05) is 50.6 Å². The fourth-order valence-corrected chi connectivity index (χ4v) is 10.5. The van der Waals surface area contributed by atoms with Gasteiger partial charge in [0.1, 0.15) is 11.9 Å². The number of ketones is 3. The number of nitrogens with one attached hydrogen (secondary N) is 1. The number of fused-ring (bicyclic) bond motifs is 1. The zero-order chi connectivity index (χ0) is 52.8. The molecule has 3 heterocycles. The highest BCUT2D eigenvalue weighted by Crippen LogP contribution is 2.57. The Morgan fingerprint density at radius 3 is 2.10 bits per heavy atom. The van der Waals surface area contributed by atoms with Crippen molar-refractivity contribution >= 4 is 72.9 Å². The number of pyridine rings is 1. The smallest absolute Gasteiger partial charge is 0.458 e. The highest BCUT2D eigenvalue weighted by molar-refractivity contribution is 7.90. The largest absolute Gasteiger partial charge is 0.494 e. The van der Waals surface area contributed by atoms with Gasteiger partial charge in [-0.25, -0.2) is 18.4 Å². The normalized spacial score (nSPS) is 20.9. The first kappa shape index (κ1) is 54.7. The first-order valence-corrected chi connectivity index (χ1v) is 24.3. The van der Waals surface area contributed by atoms with E-state index in [-0.39, 0.29) is 44.0 Å². The molecule has 4 aromatic rings. The monoisotopic (exact) mass is 1070 g/mol. The van der Waals surface area contributed by atoms with Gasteiger partial charge in [0.15, 0.2) is 5.78 Å². The van der Waals surface area contributed by atoms with Crippen LogP contribution in [-0.4, -0.2) is 95.9 Å². The van der Waals surface area contributed by atoms with Crippen molar-refractivity contribution in [2.45, 2.75) is 95.2 Å². The van der Waals surface area contributed by atoms with Gasteiger partial charge in [0, 0.05) is 51.9 Å². The molecule has 2 amide bonds. The number of allylic oxidation sites excluding steroid dienone is 1. The molecular formula is C46H44ClF9N4O9S2. The summed E-state index contributed by atoms with van der Waals surface area (Å²) in [7, 11) is -2.38. The number of rotatable bonds is 15. The molecule has 3 aliphatic rings. The highest BCUT2D eigenvalue weighted by Gasteiger charge is 2.62. The highest BCUT2D eigenvalue weighted by atomic mass is 35.5. The predicted molar refractivity (Wildman–Crippen MR) is 240 cm³/mol. The van der Waals surface area contributed by atoms with Crippen molar-refractivity contribution < 1.29 is 81.4 Å². The number of carbonyl (C=O) groups is 5. The van der Waals surface area contributed by atoms with Gasteiger partial charge in [-0.2, -0.15) is 39.5 Å². The Labute approximate surface area is 409 Å². The van der Waals surface area contributed by atoms with Crippen LogP contribution in [0.5, 0.6) is 11.6 Å². The molecule has 7 rings (SSSR count). The molecule has 13 nitrogen and oxygen atoms in total. The average Bonchev–Trinajstić information content (AvgIpc) is 4.17. The van der Waals surface area contributed by atoms with Crippen molar-refractivity contribution in [2.24, 2.45) is 22.7 Å². The molecule has 0 radical (unpaired) electrons. The summed E-state index contributed by atoms with van der Waals surface area (Å²) in [4.78, 5) is 73.0. The molecule has 1 N–H and O–H groups in total. The van der Waals surface area contributed by atoms with Gasteiger partial charge in [0.05, 0.1) is 52.8 Å². The zero-order valence-electron chi connectivity index (χ0n) is 37.9. The molecule has 0 spiro atoms. The Balaban J connectivity index is 0.000000608. The first-order valence-electron chi connectivity index (χ1n) is 21.5. The van der Waals surface area contributed by atoms with E-state index in [2.05, 4.69) is 16.3 Å². The molecular weight excluding hydrogens is 1020 g/mol. The number of alkyl halides is 9. The third-order valence-corrected chi connectivity index (χ3v) is 15.2. The number of benzene rings is 2. The van der Waals surface area contributed by atoms with E-state index in [9.17, 15) is 71.9 Å². The molecule has 3 fully saturated rings. The summed E-state index contributed by atoms with van der Waals surface area (Å²) >= 11 is 7.65. The maximum atomic E-state index is 14.9. The average molecular weight is 1070 g/mol. The molecule has 0 bridgehead atoms. The number of aromatic nitrogens is 2. The van der Waals surface area contributed by atoms with Crippen LogP contribution in [0.2, 0.25) is 5.02 Å². The number of methoxy groups -OCH3 is 1. The zero-order valence-corrected chi connectivity index (χ0v) is 40.3. The number of halogens is 10. The number of ether oxygens (including phenoxy) is 2. The number of thiazole rings is 1. The van der Waals surface area contributed by atoms with Crippen LogP contribution in [0.25, 0.3) is 22.0 Å². The number of hydrogen-bond acceptors (Lipinski definition) is 12.